The second-order valence-corrected chi connectivity index (χ2v) is 3.98. The topological polar surface area (TPSA) is 105 Å². The molecule has 7 heteroatoms. The van der Waals surface area contributed by atoms with Crippen molar-refractivity contribution in [1.29, 1.82) is 5.26 Å². The van der Waals surface area contributed by atoms with Crippen LogP contribution in [-0.2, 0) is 9.53 Å². The van der Waals surface area contributed by atoms with E-state index in [1.54, 1.807) is 0 Å². The molecule has 1 rings (SSSR count). The molecule has 0 unspecified atom stereocenters. The average Bonchev–Trinajstić information content (AvgIpc) is 2.39. The van der Waals surface area contributed by atoms with Crippen molar-refractivity contribution >= 4 is 29.2 Å². The van der Waals surface area contributed by atoms with Gasteiger partial charge in [0.1, 0.15) is 0 Å². The number of amides is 1. The van der Waals surface area contributed by atoms with Gasteiger partial charge in [0.05, 0.1) is 28.8 Å². The summed E-state index contributed by atoms with van der Waals surface area (Å²) in [5, 5.41) is 11.0. The number of hydrogen-bond donors (Lipinski definition) is 2. The Labute approximate surface area is 115 Å². The van der Waals surface area contributed by atoms with E-state index in [0.29, 0.717) is 5.69 Å². The van der Waals surface area contributed by atoms with Crippen molar-refractivity contribution in [2.24, 2.45) is 0 Å². The van der Waals surface area contributed by atoms with Crippen molar-refractivity contribution < 1.29 is 14.3 Å². The minimum absolute atomic E-state index is 0.202. The number of carbonyl (C=O) groups is 2. The van der Waals surface area contributed by atoms with Crippen molar-refractivity contribution in [3.8, 4) is 6.07 Å². The molecule has 0 heterocycles. The molecule has 0 aliphatic heterocycles. The molecule has 6 nitrogen and oxygen atoms in total. The zero-order valence-corrected chi connectivity index (χ0v) is 10.7. The van der Waals surface area contributed by atoms with Crippen molar-refractivity contribution in [2.75, 3.05) is 18.9 Å². The summed E-state index contributed by atoms with van der Waals surface area (Å²) >= 11 is 5.76. The number of nitrogens with one attached hydrogen (secondary N) is 1. The van der Waals surface area contributed by atoms with Gasteiger partial charge in [-0.2, -0.15) is 5.26 Å². The minimum atomic E-state index is -0.669. The molecule has 0 aromatic heterocycles. The van der Waals surface area contributed by atoms with Crippen LogP contribution in [0.25, 0.3) is 0 Å². The van der Waals surface area contributed by atoms with Gasteiger partial charge in [0.25, 0.3) is 5.91 Å². The molecule has 0 atom stereocenters. The van der Waals surface area contributed by atoms with E-state index in [4.69, 9.17) is 27.3 Å². The Morgan fingerprint density at radius 1 is 1.47 bits per heavy atom. The minimum Gasteiger partial charge on any atom is -0.452 e. The van der Waals surface area contributed by atoms with Crippen LogP contribution in [-0.4, -0.2) is 25.0 Å². The number of carbonyl (C=O) groups excluding carboxylic acids is 2. The molecule has 0 saturated heterocycles. The number of anilines is 1. The summed E-state index contributed by atoms with van der Waals surface area (Å²) in [7, 11) is 0. The van der Waals surface area contributed by atoms with E-state index in [-0.39, 0.29) is 23.6 Å². The monoisotopic (exact) mass is 281 g/mol. The SMILES string of the molecule is N#CCCNC(=O)COC(=O)c1ccc(N)c(Cl)c1. The Kier molecular flexibility index (Phi) is 5.64. The summed E-state index contributed by atoms with van der Waals surface area (Å²) in [4.78, 5) is 22.8. The highest BCUT2D eigenvalue weighted by Crippen LogP contribution is 2.19. The number of esters is 1. The Morgan fingerprint density at radius 2 is 2.21 bits per heavy atom. The van der Waals surface area contributed by atoms with Gasteiger partial charge in [-0.05, 0) is 18.2 Å². The first-order valence-electron chi connectivity index (χ1n) is 5.40. The molecule has 1 aromatic carbocycles. The largest absolute Gasteiger partial charge is 0.452 e. The number of halogens is 1. The molecule has 0 aliphatic carbocycles. The van der Waals surface area contributed by atoms with Crippen LogP contribution in [0, 0.1) is 11.3 Å². The zero-order chi connectivity index (χ0) is 14.3. The first kappa shape index (κ1) is 14.8. The Bertz CT molecular complexity index is 525. The van der Waals surface area contributed by atoms with E-state index in [1.165, 1.54) is 18.2 Å². The lowest BCUT2D eigenvalue weighted by molar-refractivity contribution is -0.124. The first-order chi connectivity index (χ1) is 9.04. The summed E-state index contributed by atoms with van der Waals surface area (Å²) in [6.45, 7) is -0.188. The maximum absolute atomic E-state index is 11.6. The van der Waals surface area contributed by atoms with Gasteiger partial charge in [-0.3, -0.25) is 4.79 Å². The number of benzene rings is 1. The van der Waals surface area contributed by atoms with E-state index in [2.05, 4.69) is 5.32 Å². The van der Waals surface area contributed by atoms with E-state index >= 15 is 0 Å². The highest BCUT2D eigenvalue weighted by atomic mass is 35.5. The van der Waals surface area contributed by atoms with Crippen molar-refractivity contribution in [2.45, 2.75) is 6.42 Å². The summed E-state index contributed by atoms with van der Waals surface area (Å²) in [6.07, 6.45) is 0.202. The fourth-order valence-corrected chi connectivity index (χ4v) is 1.36. The lowest BCUT2D eigenvalue weighted by atomic mass is 10.2. The quantitative estimate of drug-likeness (QED) is 0.478. The molecule has 0 radical (unpaired) electrons. The molecular formula is C12H12ClN3O3. The van der Waals surface area contributed by atoms with Crippen LogP contribution >= 0.6 is 11.6 Å². The summed E-state index contributed by atoms with van der Waals surface area (Å²) in [6, 6.07) is 6.18. The number of nitrogens with two attached hydrogens (primary N) is 1. The normalized spacial score (nSPS) is 9.47. The number of nitriles is 1. The van der Waals surface area contributed by atoms with Crippen LogP contribution in [0.3, 0.4) is 0 Å². The lowest BCUT2D eigenvalue weighted by Gasteiger charge is -2.06. The van der Waals surface area contributed by atoms with Gasteiger partial charge in [-0.15, -0.1) is 0 Å². The second kappa shape index (κ2) is 7.24. The van der Waals surface area contributed by atoms with Crippen molar-refractivity contribution in [3.05, 3.63) is 28.8 Å². The summed E-state index contributed by atoms with van der Waals surface area (Å²) < 4.78 is 4.78. The van der Waals surface area contributed by atoms with E-state index in [9.17, 15) is 9.59 Å². The molecule has 19 heavy (non-hydrogen) atoms. The Hall–Kier alpha value is -2.26. The van der Waals surface area contributed by atoms with Crippen LogP contribution in [0.2, 0.25) is 5.02 Å². The van der Waals surface area contributed by atoms with Crippen LogP contribution in [0.1, 0.15) is 16.8 Å². The second-order valence-electron chi connectivity index (χ2n) is 3.57. The number of hydrogen-bond acceptors (Lipinski definition) is 5. The molecule has 1 aromatic rings. The third-order valence-electron chi connectivity index (χ3n) is 2.13. The molecular weight excluding hydrogens is 270 g/mol. The van der Waals surface area contributed by atoms with Crippen LogP contribution in [0.4, 0.5) is 5.69 Å². The standard InChI is InChI=1S/C12H12ClN3O3/c13-9-6-8(2-3-10(9)15)12(18)19-7-11(17)16-5-1-4-14/h2-3,6H,1,5,7,15H2,(H,16,17). The zero-order valence-electron chi connectivity index (χ0n) is 9.98. The lowest BCUT2D eigenvalue weighted by Crippen LogP contribution is -2.29. The van der Waals surface area contributed by atoms with Crippen LogP contribution in [0.15, 0.2) is 18.2 Å². The molecule has 0 aliphatic rings. The molecule has 0 bridgehead atoms. The smallest absolute Gasteiger partial charge is 0.338 e. The number of nitrogen functional groups attached to an aromatic ring is 1. The Balaban J connectivity index is 2.45. The van der Waals surface area contributed by atoms with Crippen LogP contribution in [0.5, 0.6) is 0 Å². The van der Waals surface area contributed by atoms with Gasteiger partial charge < -0.3 is 15.8 Å². The van der Waals surface area contributed by atoms with Gasteiger partial charge in [0, 0.05) is 6.54 Å². The van der Waals surface area contributed by atoms with Gasteiger partial charge in [-0.1, -0.05) is 11.6 Å². The fraction of sp³-hybridized carbons (Fsp3) is 0.250. The third-order valence-corrected chi connectivity index (χ3v) is 2.46. The van der Waals surface area contributed by atoms with Gasteiger partial charge in [-0.25, -0.2) is 4.79 Å². The maximum atomic E-state index is 11.6. The third kappa shape index (κ3) is 4.85. The number of ether oxygens (including phenoxy) is 1. The van der Waals surface area contributed by atoms with Gasteiger partial charge in [0.2, 0.25) is 0 Å². The van der Waals surface area contributed by atoms with Gasteiger partial charge >= 0.3 is 5.97 Å². The van der Waals surface area contributed by atoms with Crippen molar-refractivity contribution in [1.82, 2.24) is 5.32 Å². The highest BCUT2D eigenvalue weighted by Gasteiger charge is 2.11. The molecule has 3 N–H and O–H groups in total. The highest BCUT2D eigenvalue weighted by molar-refractivity contribution is 6.33. The molecule has 0 fully saturated rings. The first-order valence-corrected chi connectivity index (χ1v) is 5.78. The van der Waals surface area contributed by atoms with E-state index in [1.807, 2.05) is 6.07 Å². The maximum Gasteiger partial charge on any atom is 0.338 e. The Morgan fingerprint density at radius 3 is 2.84 bits per heavy atom. The number of rotatable bonds is 5. The summed E-state index contributed by atoms with van der Waals surface area (Å²) in [5.74, 6) is -1.14. The summed E-state index contributed by atoms with van der Waals surface area (Å²) in [5.41, 5.74) is 6.07. The van der Waals surface area contributed by atoms with Crippen LogP contribution < -0.4 is 11.1 Å². The van der Waals surface area contributed by atoms with E-state index in [0.717, 1.165) is 0 Å². The van der Waals surface area contributed by atoms with Gasteiger partial charge in [0.15, 0.2) is 6.61 Å². The average molecular weight is 282 g/mol. The molecule has 0 spiro atoms. The molecule has 0 saturated carbocycles. The molecule has 100 valence electrons. The predicted molar refractivity (Wildman–Crippen MR) is 69.4 cm³/mol. The molecule has 1 amide bonds. The van der Waals surface area contributed by atoms with E-state index < -0.39 is 18.5 Å². The number of nitrogens with zero attached hydrogens (tertiary/aromatic N) is 1. The fourth-order valence-electron chi connectivity index (χ4n) is 1.18. The van der Waals surface area contributed by atoms with Crippen molar-refractivity contribution in [3.63, 3.8) is 0 Å². The predicted octanol–water partition coefficient (Wildman–Crippen LogP) is 1.11.